The number of ether oxygens (including phenoxy) is 1. The number of carbonyl (C=O) groups is 1. The summed E-state index contributed by atoms with van der Waals surface area (Å²) in [7, 11) is 0. The second kappa shape index (κ2) is 10.8. The van der Waals surface area contributed by atoms with E-state index in [1.54, 1.807) is 12.2 Å². The minimum Gasteiger partial charge on any atom is -0.460 e. The molecule has 0 amide bonds. The van der Waals surface area contributed by atoms with Crippen molar-refractivity contribution >= 4 is 5.97 Å². The van der Waals surface area contributed by atoms with Crippen molar-refractivity contribution in [3.63, 3.8) is 0 Å². The Hall–Kier alpha value is -2.13. The fraction of sp³-hybridized carbons (Fsp3) is 0.435. The van der Waals surface area contributed by atoms with Gasteiger partial charge in [0.2, 0.25) is 5.60 Å². The molecule has 0 radical (unpaired) electrons. The van der Waals surface area contributed by atoms with Crippen LogP contribution in [0.15, 0.2) is 73.9 Å². The summed E-state index contributed by atoms with van der Waals surface area (Å²) in [6.45, 7) is 16.9. The highest BCUT2D eigenvalue weighted by atomic mass is 16.6. The fourth-order valence-corrected chi connectivity index (χ4v) is 3.46. The fourth-order valence-electron chi connectivity index (χ4n) is 3.46. The molecule has 1 rings (SSSR count). The summed E-state index contributed by atoms with van der Waals surface area (Å²) < 4.78 is 5.79. The monoisotopic (exact) mass is 356 g/mol. The van der Waals surface area contributed by atoms with Gasteiger partial charge >= 0.3 is 5.97 Å². The third kappa shape index (κ3) is 5.18. The van der Waals surface area contributed by atoms with Crippen LogP contribution >= 0.6 is 0 Å². The average Bonchev–Trinajstić information content (AvgIpc) is 2.88. The van der Waals surface area contributed by atoms with Crippen molar-refractivity contribution in [2.45, 2.75) is 57.2 Å². The minimum absolute atomic E-state index is 0.189. The molecule has 1 aliphatic rings. The molecule has 26 heavy (non-hydrogen) atoms. The molecule has 1 N–H and O–H groups in total. The second-order valence-corrected chi connectivity index (χ2v) is 6.66. The minimum atomic E-state index is -1.99. The molecule has 3 heteroatoms. The molecule has 142 valence electrons. The maximum absolute atomic E-state index is 13.1. The van der Waals surface area contributed by atoms with Gasteiger partial charge in [0.25, 0.3) is 0 Å². The van der Waals surface area contributed by atoms with E-state index >= 15 is 0 Å². The van der Waals surface area contributed by atoms with Crippen molar-refractivity contribution in [2.24, 2.45) is 5.92 Å². The molecule has 0 aromatic rings. The zero-order chi connectivity index (χ0) is 19.6. The summed E-state index contributed by atoms with van der Waals surface area (Å²) in [5, 5.41) is 11.3. The molecule has 0 aliphatic heterocycles. The highest BCUT2D eigenvalue weighted by Gasteiger charge is 2.44. The highest BCUT2D eigenvalue weighted by molar-refractivity contribution is 5.89. The predicted octanol–water partition coefficient (Wildman–Crippen LogP) is 5.22. The van der Waals surface area contributed by atoms with E-state index < -0.39 is 11.6 Å². The quantitative estimate of drug-likeness (QED) is 0.350. The summed E-state index contributed by atoms with van der Waals surface area (Å²) in [4.78, 5) is 13.1. The van der Waals surface area contributed by atoms with Gasteiger partial charge in [-0.25, -0.2) is 4.79 Å². The van der Waals surface area contributed by atoms with Crippen LogP contribution in [0.25, 0.3) is 0 Å². The first-order chi connectivity index (χ1) is 12.5. The Morgan fingerprint density at radius 3 is 2.08 bits per heavy atom. The molecule has 0 bridgehead atoms. The second-order valence-electron chi connectivity index (χ2n) is 6.66. The van der Waals surface area contributed by atoms with Crippen molar-refractivity contribution < 1.29 is 14.6 Å². The Morgan fingerprint density at radius 1 is 1.08 bits per heavy atom. The highest BCUT2D eigenvalue weighted by Crippen LogP contribution is 2.33. The molecular formula is C23H32O3. The lowest BCUT2D eigenvalue weighted by molar-refractivity contribution is -0.164. The Bertz CT molecular complexity index is 565. The number of carbonyl (C=O) groups excluding carboxylic acids is 1. The van der Waals surface area contributed by atoms with E-state index in [1.807, 2.05) is 0 Å². The van der Waals surface area contributed by atoms with Crippen molar-refractivity contribution in [2.75, 3.05) is 0 Å². The maximum Gasteiger partial charge on any atom is 0.347 e. The van der Waals surface area contributed by atoms with Crippen LogP contribution in [0, 0.1) is 5.92 Å². The normalized spacial score (nSPS) is 23.9. The smallest absolute Gasteiger partial charge is 0.347 e. The molecule has 1 saturated carbocycles. The Morgan fingerprint density at radius 2 is 1.62 bits per heavy atom. The standard InChI is InChI=1S/C23H32O3/c1-6-13-19(9-4)23(25,20(10-5)14-7-2)22(24)26-21-16-12-11-15-18(8-3)17-21/h6-7,9-10,13-14,18,21,25H,1-2,4-5,8,11-12,15-17H2,3H3/b19-13+,20-14+/t18-,21+/m0/s1. The van der Waals surface area contributed by atoms with Crippen LogP contribution in [0.1, 0.15) is 45.4 Å². The first kappa shape index (κ1) is 21.9. The lowest BCUT2D eigenvalue weighted by Crippen LogP contribution is -2.44. The average molecular weight is 357 g/mol. The zero-order valence-electron chi connectivity index (χ0n) is 16.0. The van der Waals surface area contributed by atoms with E-state index in [-0.39, 0.29) is 6.10 Å². The van der Waals surface area contributed by atoms with Crippen LogP contribution in [-0.2, 0) is 9.53 Å². The molecule has 0 unspecified atom stereocenters. The van der Waals surface area contributed by atoms with E-state index in [2.05, 4.69) is 33.2 Å². The molecular weight excluding hydrogens is 324 g/mol. The first-order valence-electron chi connectivity index (χ1n) is 9.32. The van der Waals surface area contributed by atoms with Crippen LogP contribution in [-0.4, -0.2) is 22.8 Å². The van der Waals surface area contributed by atoms with Crippen LogP contribution in [0.3, 0.4) is 0 Å². The number of rotatable bonds is 9. The summed E-state index contributed by atoms with van der Waals surface area (Å²) >= 11 is 0. The Labute approximate surface area is 158 Å². The number of hydrogen-bond acceptors (Lipinski definition) is 3. The summed E-state index contributed by atoms with van der Waals surface area (Å²) in [5.74, 6) is -0.158. The Balaban J connectivity index is 3.22. The van der Waals surface area contributed by atoms with Gasteiger partial charge in [0.1, 0.15) is 6.10 Å². The number of allylic oxidation sites excluding steroid dienone is 4. The van der Waals surface area contributed by atoms with Gasteiger partial charge in [-0.05, 0) is 36.3 Å². The van der Waals surface area contributed by atoms with Crippen LogP contribution in [0.5, 0.6) is 0 Å². The van der Waals surface area contributed by atoms with Crippen LogP contribution < -0.4 is 0 Å². The van der Waals surface area contributed by atoms with Crippen molar-refractivity contribution in [1.82, 2.24) is 0 Å². The molecule has 0 aromatic carbocycles. The van der Waals surface area contributed by atoms with E-state index in [9.17, 15) is 9.90 Å². The largest absolute Gasteiger partial charge is 0.460 e. The Kier molecular flexibility index (Phi) is 9.08. The van der Waals surface area contributed by atoms with E-state index in [0.717, 1.165) is 38.5 Å². The molecule has 0 saturated heterocycles. The van der Waals surface area contributed by atoms with Gasteiger partial charge in [0.15, 0.2) is 0 Å². The van der Waals surface area contributed by atoms with Gasteiger partial charge in [-0.3, -0.25) is 0 Å². The molecule has 3 nitrogen and oxygen atoms in total. The SMILES string of the molecule is C=C/C=C(\C=C)C(O)(C(=O)O[C@@H]1CCCC[C@H](CC)C1)/C(C=C)=C/C=C. The van der Waals surface area contributed by atoms with E-state index in [0.29, 0.717) is 17.1 Å². The summed E-state index contributed by atoms with van der Waals surface area (Å²) in [6, 6.07) is 0. The number of aliphatic hydroxyl groups is 1. The third-order valence-electron chi connectivity index (χ3n) is 5.00. The molecule has 1 aliphatic carbocycles. The van der Waals surface area contributed by atoms with Crippen molar-refractivity contribution in [3.8, 4) is 0 Å². The van der Waals surface area contributed by atoms with Gasteiger partial charge in [-0.2, -0.15) is 0 Å². The molecule has 0 heterocycles. The van der Waals surface area contributed by atoms with E-state index in [1.165, 1.54) is 24.3 Å². The van der Waals surface area contributed by atoms with Gasteiger partial charge < -0.3 is 9.84 Å². The van der Waals surface area contributed by atoms with Crippen molar-refractivity contribution in [1.29, 1.82) is 0 Å². The molecule has 0 aromatic heterocycles. The van der Waals surface area contributed by atoms with Gasteiger partial charge in [-0.1, -0.05) is 89.0 Å². The number of esters is 1. The lowest BCUT2D eigenvalue weighted by Gasteiger charge is -2.31. The predicted molar refractivity (Wildman–Crippen MR) is 109 cm³/mol. The van der Waals surface area contributed by atoms with Gasteiger partial charge in [0.05, 0.1) is 0 Å². The van der Waals surface area contributed by atoms with Crippen LogP contribution in [0.4, 0.5) is 0 Å². The molecule has 2 atom stereocenters. The zero-order valence-corrected chi connectivity index (χ0v) is 16.0. The topological polar surface area (TPSA) is 46.5 Å². The van der Waals surface area contributed by atoms with Gasteiger partial charge in [-0.15, -0.1) is 0 Å². The van der Waals surface area contributed by atoms with Crippen LogP contribution in [0.2, 0.25) is 0 Å². The van der Waals surface area contributed by atoms with E-state index in [4.69, 9.17) is 4.74 Å². The third-order valence-corrected chi connectivity index (χ3v) is 5.00. The summed E-state index contributed by atoms with van der Waals surface area (Å²) in [5.41, 5.74) is -1.39. The van der Waals surface area contributed by atoms with Crippen molar-refractivity contribution in [3.05, 3.63) is 73.9 Å². The summed E-state index contributed by atoms with van der Waals surface area (Å²) in [6.07, 6.45) is 14.9. The van der Waals surface area contributed by atoms with Gasteiger partial charge in [0, 0.05) is 0 Å². The lowest BCUT2D eigenvalue weighted by atomic mass is 9.84. The number of hydrogen-bond donors (Lipinski definition) is 1. The molecule has 0 spiro atoms. The maximum atomic E-state index is 13.1. The molecule has 1 fully saturated rings. The first-order valence-corrected chi connectivity index (χ1v) is 9.32.